The summed E-state index contributed by atoms with van der Waals surface area (Å²) < 4.78 is 0. The van der Waals surface area contributed by atoms with Gasteiger partial charge in [0.15, 0.2) is 0 Å². The molecule has 0 heteroatoms. The first kappa shape index (κ1) is 19.2. The van der Waals surface area contributed by atoms with E-state index in [1.165, 1.54) is 33.4 Å². The van der Waals surface area contributed by atoms with Crippen LogP contribution in [0.3, 0.4) is 0 Å². The van der Waals surface area contributed by atoms with Crippen LogP contribution in [-0.4, -0.2) is 0 Å². The standard InChI is InChI=1S/C28H34/c1-8-18-10-9-11-22(18)26-24-17-19-16-20(27(2,3)4)12-13-21(19)23(24)14-15-25(26)28(5,6)7/h9-10,12-16H,8,11,17H2,1-7H3. The van der Waals surface area contributed by atoms with Crippen LogP contribution < -0.4 is 0 Å². The van der Waals surface area contributed by atoms with Gasteiger partial charge >= 0.3 is 0 Å². The van der Waals surface area contributed by atoms with Crippen molar-refractivity contribution in [1.82, 2.24) is 0 Å². The predicted molar refractivity (Wildman–Crippen MR) is 123 cm³/mol. The molecule has 0 nitrogen and oxygen atoms in total. The summed E-state index contributed by atoms with van der Waals surface area (Å²) in [6.45, 7) is 16.3. The molecule has 2 aliphatic rings. The molecule has 0 atom stereocenters. The van der Waals surface area contributed by atoms with Crippen LogP contribution in [0.4, 0.5) is 0 Å². The molecule has 28 heavy (non-hydrogen) atoms. The quantitative estimate of drug-likeness (QED) is 0.429. The summed E-state index contributed by atoms with van der Waals surface area (Å²) in [4.78, 5) is 0. The molecule has 0 heterocycles. The molecule has 0 radical (unpaired) electrons. The third-order valence-electron chi connectivity index (χ3n) is 6.46. The van der Waals surface area contributed by atoms with Crippen molar-refractivity contribution >= 4 is 5.57 Å². The lowest BCUT2D eigenvalue weighted by atomic mass is 9.77. The molecular formula is C28H34. The Morgan fingerprint density at radius 1 is 0.857 bits per heavy atom. The average molecular weight is 371 g/mol. The normalized spacial score (nSPS) is 16.0. The summed E-state index contributed by atoms with van der Waals surface area (Å²) in [5.41, 5.74) is 13.8. The summed E-state index contributed by atoms with van der Waals surface area (Å²) >= 11 is 0. The maximum atomic E-state index is 2.46. The number of benzene rings is 2. The van der Waals surface area contributed by atoms with Gasteiger partial charge in [-0.1, -0.05) is 91.0 Å². The van der Waals surface area contributed by atoms with Gasteiger partial charge in [0.05, 0.1) is 0 Å². The van der Waals surface area contributed by atoms with E-state index in [9.17, 15) is 0 Å². The van der Waals surface area contributed by atoms with Crippen LogP contribution in [0.2, 0.25) is 0 Å². The van der Waals surface area contributed by atoms with Crippen molar-refractivity contribution in [1.29, 1.82) is 0 Å². The molecule has 0 saturated carbocycles. The highest BCUT2D eigenvalue weighted by molar-refractivity contribution is 5.88. The number of fused-ring (bicyclic) bond motifs is 3. The van der Waals surface area contributed by atoms with Crippen molar-refractivity contribution in [3.63, 3.8) is 0 Å². The summed E-state index contributed by atoms with van der Waals surface area (Å²) in [6, 6.07) is 11.9. The van der Waals surface area contributed by atoms with E-state index < -0.39 is 0 Å². The van der Waals surface area contributed by atoms with E-state index >= 15 is 0 Å². The van der Waals surface area contributed by atoms with Gasteiger partial charge in [0.2, 0.25) is 0 Å². The molecule has 0 bridgehead atoms. The summed E-state index contributed by atoms with van der Waals surface area (Å²) in [5, 5.41) is 0. The summed E-state index contributed by atoms with van der Waals surface area (Å²) in [6.07, 6.45) is 7.95. The molecule has 2 aliphatic carbocycles. The topological polar surface area (TPSA) is 0 Å². The lowest BCUT2D eigenvalue weighted by molar-refractivity contribution is 0.587. The van der Waals surface area contributed by atoms with E-state index in [0.717, 1.165) is 19.3 Å². The molecule has 0 spiro atoms. The highest BCUT2D eigenvalue weighted by Gasteiger charge is 2.30. The molecule has 0 aromatic heterocycles. The number of hydrogen-bond acceptors (Lipinski definition) is 0. The van der Waals surface area contributed by atoms with Gasteiger partial charge in [-0.3, -0.25) is 0 Å². The van der Waals surface area contributed by atoms with Crippen LogP contribution in [0, 0.1) is 0 Å². The molecule has 0 N–H and O–H groups in total. The van der Waals surface area contributed by atoms with Crippen LogP contribution in [0.15, 0.2) is 48.1 Å². The third kappa shape index (κ3) is 3.08. The van der Waals surface area contributed by atoms with Crippen molar-refractivity contribution in [2.45, 2.75) is 78.6 Å². The monoisotopic (exact) mass is 370 g/mol. The molecule has 2 aromatic rings. The van der Waals surface area contributed by atoms with Gasteiger partial charge in [0.1, 0.15) is 0 Å². The highest BCUT2D eigenvalue weighted by Crippen LogP contribution is 2.47. The maximum Gasteiger partial charge on any atom is -0.000719 e. The van der Waals surface area contributed by atoms with Gasteiger partial charge in [0, 0.05) is 0 Å². The largest absolute Gasteiger partial charge is 0.0798 e. The first-order valence-electron chi connectivity index (χ1n) is 10.8. The summed E-state index contributed by atoms with van der Waals surface area (Å²) in [5.74, 6) is 0. The van der Waals surface area contributed by atoms with Crippen LogP contribution in [0.1, 0.15) is 89.1 Å². The number of hydrogen-bond donors (Lipinski definition) is 0. The van der Waals surface area contributed by atoms with E-state index in [-0.39, 0.29) is 10.8 Å². The Labute approximate surface area is 171 Å². The lowest BCUT2D eigenvalue weighted by Gasteiger charge is -2.27. The summed E-state index contributed by atoms with van der Waals surface area (Å²) in [7, 11) is 0. The van der Waals surface area contributed by atoms with Crippen LogP contribution in [0.25, 0.3) is 16.7 Å². The van der Waals surface area contributed by atoms with Crippen molar-refractivity contribution in [2.75, 3.05) is 0 Å². The smallest absolute Gasteiger partial charge is 0.000719 e. The van der Waals surface area contributed by atoms with E-state index in [2.05, 4.69) is 91.0 Å². The highest BCUT2D eigenvalue weighted by atomic mass is 14.3. The van der Waals surface area contributed by atoms with Crippen molar-refractivity contribution in [2.24, 2.45) is 0 Å². The Hall–Kier alpha value is -2.08. The van der Waals surface area contributed by atoms with Gasteiger partial charge in [-0.15, -0.1) is 0 Å². The zero-order chi connectivity index (χ0) is 20.3. The number of allylic oxidation sites excluding steroid dienone is 4. The minimum absolute atomic E-state index is 0.143. The molecule has 2 aromatic carbocycles. The second-order valence-electron chi connectivity index (χ2n) is 10.5. The molecule has 0 aliphatic heterocycles. The van der Waals surface area contributed by atoms with Crippen molar-refractivity contribution in [3.05, 3.63) is 75.9 Å². The minimum atomic E-state index is 0.143. The van der Waals surface area contributed by atoms with Gasteiger partial charge < -0.3 is 0 Å². The minimum Gasteiger partial charge on any atom is -0.0798 e. The molecule has 0 fully saturated rings. The van der Waals surface area contributed by atoms with Crippen molar-refractivity contribution in [3.8, 4) is 11.1 Å². The Balaban J connectivity index is 1.94. The first-order valence-corrected chi connectivity index (χ1v) is 10.8. The van der Waals surface area contributed by atoms with Crippen LogP contribution in [-0.2, 0) is 17.3 Å². The SMILES string of the molecule is CCC1=C(c2c(C(C)(C)C)ccc3c2Cc2cc(C(C)(C)C)ccc2-3)CC=C1. The molecule has 0 saturated heterocycles. The van der Waals surface area contributed by atoms with Crippen molar-refractivity contribution < 1.29 is 0 Å². The van der Waals surface area contributed by atoms with Gasteiger partial charge in [-0.05, 0) is 80.2 Å². The van der Waals surface area contributed by atoms with Crippen LogP contribution in [0.5, 0.6) is 0 Å². The second-order valence-corrected chi connectivity index (χ2v) is 10.5. The zero-order valence-corrected chi connectivity index (χ0v) is 18.7. The zero-order valence-electron chi connectivity index (χ0n) is 18.7. The fourth-order valence-electron chi connectivity index (χ4n) is 4.86. The number of rotatable bonds is 2. The molecule has 0 unspecified atom stereocenters. The van der Waals surface area contributed by atoms with E-state index in [0.29, 0.717) is 0 Å². The van der Waals surface area contributed by atoms with E-state index in [1.807, 2.05) is 0 Å². The molecular weight excluding hydrogens is 336 g/mol. The fraction of sp³-hybridized carbons (Fsp3) is 0.429. The maximum absolute atomic E-state index is 2.46. The van der Waals surface area contributed by atoms with Gasteiger partial charge in [-0.2, -0.15) is 0 Å². The fourth-order valence-corrected chi connectivity index (χ4v) is 4.86. The second kappa shape index (κ2) is 6.48. The molecule has 0 amide bonds. The first-order chi connectivity index (χ1) is 13.1. The Morgan fingerprint density at radius 3 is 2.21 bits per heavy atom. The average Bonchev–Trinajstić information content (AvgIpc) is 3.22. The Kier molecular flexibility index (Phi) is 4.45. The molecule has 146 valence electrons. The van der Waals surface area contributed by atoms with Gasteiger partial charge in [-0.25, -0.2) is 0 Å². The Morgan fingerprint density at radius 2 is 1.57 bits per heavy atom. The van der Waals surface area contributed by atoms with E-state index in [1.54, 1.807) is 16.7 Å². The van der Waals surface area contributed by atoms with Gasteiger partial charge in [0.25, 0.3) is 0 Å². The van der Waals surface area contributed by atoms with Crippen LogP contribution >= 0.6 is 0 Å². The third-order valence-corrected chi connectivity index (χ3v) is 6.46. The van der Waals surface area contributed by atoms with E-state index in [4.69, 9.17) is 0 Å². The Bertz CT molecular complexity index is 998. The molecule has 4 rings (SSSR count). The predicted octanol–water partition coefficient (Wildman–Crippen LogP) is 7.98. The lowest BCUT2D eigenvalue weighted by Crippen LogP contribution is -2.15.